The molecular weight excluding hydrogens is 560 g/mol. The summed E-state index contributed by atoms with van der Waals surface area (Å²) < 4.78 is 5.26. The maximum absolute atomic E-state index is 14.4. The van der Waals surface area contributed by atoms with Crippen LogP contribution in [0.2, 0.25) is 0 Å². The Kier molecular flexibility index (Phi) is 6.17. The van der Waals surface area contributed by atoms with E-state index < -0.39 is 28.1 Å². The molecule has 3 aliphatic carbocycles. The number of amides is 3. The molecule has 8 rings (SSSR count). The zero-order valence-corrected chi connectivity index (χ0v) is 23.8. The van der Waals surface area contributed by atoms with Crippen LogP contribution in [0.25, 0.3) is 0 Å². The van der Waals surface area contributed by atoms with E-state index in [0.717, 1.165) is 33.9 Å². The third-order valence-electron chi connectivity index (χ3n) is 9.05. The van der Waals surface area contributed by atoms with E-state index in [2.05, 4.69) is 10.5 Å². The number of methoxy groups -OCH3 is 1. The molecule has 10 nitrogen and oxygen atoms in total. The number of nitro benzene ring substituents is 1. The van der Waals surface area contributed by atoms with Crippen LogP contribution in [0.4, 0.5) is 11.4 Å². The Hall–Kier alpha value is -5.64. The van der Waals surface area contributed by atoms with Crippen molar-refractivity contribution >= 4 is 35.3 Å². The second-order valence-electron chi connectivity index (χ2n) is 11.2. The van der Waals surface area contributed by atoms with Crippen molar-refractivity contribution in [1.29, 1.82) is 0 Å². The van der Waals surface area contributed by atoms with Gasteiger partial charge in [0, 0.05) is 24.3 Å². The Balaban J connectivity index is 1.37. The highest BCUT2D eigenvalue weighted by Gasteiger charge is 2.68. The molecule has 1 aliphatic heterocycles. The Labute approximate surface area is 252 Å². The van der Waals surface area contributed by atoms with Gasteiger partial charge in [0.1, 0.15) is 5.75 Å². The fourth-order valence-corrected chi connectivity index (χ4v) is 7.24. The van der Waals surface area contributed by atoms with Gasteiger partial charge in [-0.15, -0.1) is 0 Å². The highest BCUT2D eigenvalue weighted by molar-refractivity contribution is 6.25. The van der Waals surface area contributed by atoms with Gasteiger partial charge in [-0.1, -0.05) is 66.2 Å². The van der Waals surface area contributed by atoms with E-state index in [1.165, 1.54) is 24.1 Å². The number of rotatable bonds is 6. The Morgan fingerprint density at radius 3 is 2.20 bits per heavy atom. The van der Waals surface area contributed by atoms with Gasteiger partial charge in [0.05, 0.1) is 40.5 Å². The minimum absolute atomic E-state index is 0.0694. The summed E-state index contributed by atoms with van der Waals surface area (Å²) >= 11 is 0. The molecular formula is C34H26N4O6. The molecule has 0 saturated carbocycles. The average Bonchev–Trinajstić information content (AvgIpc) is 3.31. The van der Waals surface area contributed by atoms with E-state index in [9.17, 15) is 24.5 Å². The number of aryl methyl sites for hydroxylation is 1. The lowest BCUT2D eigenvalue weighted by Gasteiger charge is -2.52. The molecule has 44 heavy (non-hydrogen) atoms. The van der Waals surface area contributed by atoms with Gasteiger partial charge < -0.3 is 4.74 Å². The standard InChI is InChI=1S/C34H26N4O6/c1-19-11-13-20(14-12-19)37-32(40)29-28-22-7-3-5-9-25(22)34(30(29)33(37)41,26-10-6-4-8-23(26)28)18-35-36-31(39)24-17-21(38(42)43)15-16-27(24)44-2/h3-18,28-30H,1-2H3,(H,36,39)/b35-18-/t28?,29-,30+,34?/m1/s1. The number of ether oxygens (including phenoxy) is 1. The third kappa shape index (κ3) is 3.73. The van der Waals surface area contributed by atoms with Gasteiger partial charge in [0.2, 0.25) is 11.8 Å². The predicted molar refractivity (Wildman–Crippen MR) is 162 cm³/mol. The molecule has 2 bridgehead atoms. The summed E-state index contributed by atoms with van der Waals surface area (Å²) in [4.78, 5) is 54.0. The number of hydrogen-bond acceptors (Lipinski definition) is 7. The zero-order chi connectivity index (χ0) is 30.7. The summed E-state index contributed by atoms with van der Waals surface area (Å²) in [6.45, 7) is 1.94. The molecule has 0 radical (unpaired) electrons. The fraction of sp³-hybridized carbons (Fsp3) is 0.176. The first-order valence-electron chi connectivity index (χ1n) is 14.1. The van der Waals surface area contributed by atoms with Crippen LogP contribution >= 0.6 is 0 Å². The first-order valence-corrected chi connectivity index (χ1v) is 14.1. The van der Waals surface area contributed by atoms with Crippen LogP contribution < -0.4 is 15.1 Å². The second kappa shape index (κ2) is 9.98. The summed E-state index contributed by atoms with van der Waals surface area (Å²) in [5, 5.41) is 15.7. The van der Waals surface area contributed by atoms with Gasteiger partial charge in [-0.05, 0) is 47.4 Å². The molecule has 0 unspecified atom stereocenters. The molecule has 10 heteroatoms. The Morgan fingerprint density at radius 1 is 0.955 bits per heavy atom. The molecule has 4 aliphatic rings. The largest absolute Gasteiger partial charge is 0.496 e. The van der Waals surface area contributed by atoms with Gasteiger partial charge in [-0.2, -0.15) is 5.10 Å². The molecule has 0 aromatic heterocycles. The van der Waals surface area contributed by atoms with E-state index in [1.54, 1.807) is 18.3 Å². The number of anilines is 1. The van der Waals surface area contributed by atoms with Crippen LogP contribution in [0.15, 0.2) is 96.1 Å². The van der Waals surface area contributed by atoms with Crippen molar-refractivity contribution < 1.29 is 24.0 Å². The maximum Gasteiger partial charge on any atom is 0.275 e. The van der Waals surface area contributed by atoms with Crippen LogP contribution in [-0.4, -0.2) is 36.0 Å². The minimum atomic E-state index is -1.18. The van der Waals surface area contributed by atoms with Crippen molar-refractivity contribution in [3.8, 4) is 5.75 Å². The molecule has 1 saturated heterocycles. The van der Waals surface area contributed by atoms with Crippen LogP contribution in [0, 0.1) is 28.9 Å². The molecule has 3 amide bonds. The summed E-state index contributed by atoms with van der Waals surface area (Å²) in [5.41, 5.74) is 6.01. The number of nitrogens with zero attached hydrogens (tertiary/aromatic N) is 3. The number of nitrogens with one attached hydrogen (secondary N) is 1. The summed E-state index contributed by atoms with van der Waals surface area (Å²) in [7, 11) is 1.36. The van der Waals surface area contributed by atoms with Gasteiger partial charge in [-0.3, -0.25) is 24.5 Å². The summed E-state index contributed by atoms with van der Waals surface area (Å²) in [6, 6.07) is 26.4. The third-order valence-corrected chi connectivity index (χ3v) is 9.05. The van der Waals surface area contributed by atoms with Crippen molar-refractivity contribution in [2.24, 2.45) is 16.9 Å². The second-order valence-corrected chi connectivity index (χ2v) is 11.2. The molecule has 2 atom stereocenters. The molecule has 218 valence electrons. The lowest BCUT2D eigenvalue weighted by molar-refractivity contribution is -0.384. The summed E-state index contributed by atoms with van der Waals surface area (Å²) in [6.07, 6.45) is 1.54. The van der Waals surface area contributed by atoms with Crippen molar-refractivity contribution in [3.63, 3.8) is 0 Å². The molecule has 0 spiro atoms. The number of carbonyl (C=O) groups excluding carboxylic acids is 3. The highest BCUT2D eigenvalue weighted by atomic mass is 16.6. The van der Waals surface area contributed by atoms with Crippen molar-refractivity contribution in [1.82, 2.24) is 5.43 Å². The quantitative estimate of drug-likeness (QED) is 0.148. The van der Waals surface area contributed by atoms with Gasteiger partial charge in [0.25, 0.3) is 11.6 Å². The molecule has 4 aromatic carbocycles. The van der Waals surface area contributed by atoms with Crippen LogP contribution in [0.3, 0.4) is 0 Å². The number of non-ortho nitro benzene ring substituents is 1. The lowest BCUT2D eigenvalue weighted by Crippen LogP contribution is -2.54. The lowest BCUT2D eigenvalue weighted by atomic mass is 9.47. The molecule has 1 heterocycles. The first-order chi connectivity index (χ1) is 21.3. The maximum atomic E-state index is 14.4. The number of carbonyl (C=O) groups is 3. The average molecular weight is 587 g/mol. The number of benzene rings is 4. The van der Waals surface area contributed by atoms with Gasteiger partial charge >= 0.3 is 0 Å². The van der Waals surface area contributed by atoms with E-state index in [0.29, 0.717) is 5.69 Å². The number of hydrazone groups is 1. The Morgan fingerprint density at radius 2 is 1.59 bits per heavy atom. The predicted octanol–water partition coefficient (Wildman–Crippen LogP) is 4.88. The first kappa shape index (κ1) is 27.2. The topological polar surface area (TPSA) is 131 Å². The van der Waals surface area contributed by atoms with Gasteiger partial charge in [0.15, 0.2) is 0 Å². The highest BCUT2D eigenvalue weighted by Crippen LogP contribution is 2.63. The van der Waals surface area contributed by atoms with Crippen molar-refractivity contribution in [2.45, 2.75) is 18.3 Å². The van der Waals surface area contributed by atoms with Crippen molar-refractivity contribution in [3.05, 3.63) is 134 Å². The minimum Gasteiger partial charge on any atom is -0.496 e. The zero-order valence-electron chi connectivity index (χ0n) is 23.8. The number of hydrogen-bond donors (Lipinski definition) is 1. The van der Waals surface area contributed by atoms with Crippen LogP contribution in [-0.2, 0) is 15.0 Å². The van der Waals surface area contributed by atoms with E-state index in [1.807, 2.05) is 67.6 Å². The van der Waals surface area contributed by atoms with Crippen LogP contribution in [0.5, 0.6) is 5.75 Å². The molecule has 4 aromatic rings. The van der Waals surface area contributed by atoms with Crippen LogP contribution in [0.1, 0.15) is 44.1 Å². The monoisotopic (exact) mass is 586 g/mol. The smallest absolute Gasteiger partial charge is 0.275 e. The fourth-order valence-electron chi connectivity index (χ4n) is 7.24. The van der Waals surface area contributed by atoms with Crippen molar-refractivity contribution in [2.75, 3.05) is 12.0 Å². The van der Waals surface area contributed by atoms with E-state index in [-0.39, 0.29) is 34.7 Å². The molecule has 1 fully saturated rings. The van der Waals surface area contributed by atoms with Gasteiger partial charge in [-0.25, -0.2) is 10.3 Å². The van der Waals surface area contributed by atoms with E-state index in [4.69, 9.17) is 4.74 Å². The number of nitro groups is 1. The summed E-state index contributed by atoms with van der Waals surface area (Å²) in [5.74, 6) is -3.04. The normalized spacial score (nSPS) is 22.9. The van der Waals surface area contributed by atoms with E-state index >= 15 is 0 Å². The number of imide groups is 1. The Bertz CT molecular complexity index is 1870. The SMILES string of the molecule is COc1ccc([N+](=O)[O-])cc1C(=O)N/N=C\C12c3ccccc3C(c3ccccc31)[C@H]1C(=O)N(c3ccc(C)cc3)C(=O)[C@H]12. The molecule has 1 N–H and O–H groups in total.